The van der Waals surface area contributed by atoms with E-state index in [1.807, 2.05) is 0 Å². The molecule has 0 aromatic carbocycles. The van der Waals surface area contributed by atoms with Crippen LogP contribution in [0.3, 0.4) is 0 Å². The zero-order valence-corrected chi connectivity index (χ0v) is 6.11. The van der Waals surface area contributed by atoms with Gasteiger partial charge >= 0.3 is 0 Å². The summed E-state index contributed by atoms with van der Waals surface area (Å²) in [5.74, 6) is 1.02. The second-order valence-electron chi connectivity index (χ2n) is 3.90. The van der Waals surface area contributed by atoms with Gasteiger partial charge in [0.1, 0.15) is 0 Å². The van der Waals surface area contributed by atoms with Crippen molar-refractivity contribution in [3.63, 3.8) is 0 Å². The molecule has 2 atom stereocenters. The fourth-order valence-electron chi connectivity index (χ4n) is 2.35. The Labute approximate surface area is 56.8 Å². The highest BCUT2D eigenvalue weighted by Crippen LogP contribution is 2.36. The molecule has 1 aliphatic carbocycles. The zero-order chi connectivity index (χ0) is 6.32. The molecule has 0 radical (unpaired) electrons. The van der Waals surface area contributed by atoms with Crippen LogP contribution in [0.5, 0.6) is 0 Å². The van der Waals surface area contributed by atoms with E-state index in [1.54, 1.807) is 0 Å². The molecule has 1 N–H and O–H groups in total. The average molecular weight is 125 g/mol. The lowest BCUT2D eigenvalue weighted by molar-refractivity contribution is 0.308. The van der Waals surface area contributed by atoms with Gasteiger partial charge in [-0.1, -0.05) is 6.42 Å². The fourth-order valence-corrected chi connectivity index (χ4v) is 2.35. The molecule has 1 heterocycles. The van der Waals surface area contributed by atoms with Crippen LogP contribution in [0.4, 0.5) is 0 Å². The molecule has 2 fully saturated rings. The molecule has 2 bridgehead atoms. The van der Waals surface area contributed by atoms with Gasteiger partial charge in [0.15, 0.2) is 0 Å². The molecule has 0 aromatic heterocycles. The second-order valence-corrected chi connectivity index (χ2v) is 3.90. The van der Waals surface area contributed by atoms with Crippen LogP contribution >= 0.6 is 0 Å². The summed E-state index contributed by atoms with van der Waals surface area (Å²) in [6.45, 7) is 3.66. The van der Waals surface area contributed by atoms with Gasteiger partial charge in [-0.3, -0.25) is 0 Å². The Morgan fingerprint density at radius 1 is 1.56 bits per heavy atom. The van der Waals surface area contributed by atoms with Crippen molar-refractivity contribution in [2.45, 2.75) is 38.1 Å². The topological polar surface area (TPSA) is 12.0 Å². The number of nitrogens with one attached hydrogen (secondary N) is 1. The van der Waals surface area contributed by atoms with Crippen LogP contribution in [0, 0.1) is 5.92 Å². The van der Waals surface area contributed by atoms with Gasteiger partial charge in [-0.25, -0.2) is 0 Å². The molecule has 2 aliphatic rings. The highest BCUT2D eigenvalue weighted by molar-refractivity contribution is 4.96. The van der Waals surface area contributed by atoms with E-state index in [-0.39, 0.29) is 0 Å². The van der Waals surface area contributed by atoms with E-state index >= 15 is 0 Å². The smallest absolute Gasteiger partial charge is 0.0156 e. The highest BCUT2D eigenvalue weighted by Gasteiger charge is 2.37. The summed E-state index contributed by atoms with van der Waals surface area (Å²) in [5.41, 5.74) is 0.545. The quantitative estimate of drug-likeness (QED) is 0.518. The van der Waals surface area contributed by atoms with Crippen molar-refractivity contribution in [2.24, 2.45) is 5.92 Å². The maximum atomic E-state index is 3.59. The lowest BCUT2D eigenvalue weighted by atomic mass is 9.82. The van der Waals surface area contributed by atoms with E-state index in [0.717, 1.165) is 5.92 Å². The van der Waals surface area contributed by atoms with Gasteiger partial charge in [0.05, 0.1) is 0 Å². The lowest BCUT2D eigenvalue weighted by Gasteiger charge is -2.28. The SMILES string of the molecule is CC12CCCC(CN1)C2. The molecule has 0 spiro atoms. The summed E-state index contributed by atoms with van der Waals surface area (Å²) in [4.78, 5) is 0. The minimum absolute atomic E-state index is 0.545. The summed E-state index contributed by atoms with van der Waals surface area (Å²) in [6, 6.07) is 0. The van der Waals surface area contributed by atoms with Gasteiger partial charge in [-0.15, -0.1) is 0 Å². The van der Waals surface area contributed by atoms with E-state index in [1.165, 1.54) is 32.2 Å². The molecule has 2 unspecified atom stereocenters. The first-order valence-electron chi connectivity index (χ1n) is 4.04. The predicted octanol–water partition coefficient (Wildman–Crippen LogP) is 1.54. The van der Waals surface area contributed by atoms with Crippen LogP contribution < -0.4 is 5.32 Å². The average Bonchev–Trinajstić information content (AvgIpc) is 2.07. The molecular formula is C8H15N. The summed E-state index contributed by atoms with van der Waals surface area (Å²) < 4.78 is 0. The minimum Gasteiger partial charge on any atom is -0.311 e. The van der Waals surface area contributed by atoms with E-state index in [4.69, 9.17) is 0 Å². The van der Waals surface area contributed by atoms with Crippen LogP contribution in [0.1, 0.15) is 32.6 Å². The van der Waals surface area contributed by atoms with E-state index in [9.17, 15) is 0 Å². The summed E-state index contributed by atoms with van der Waals surface area (Å²) in [5, 5.41) is 3.59. The Kier molecular flexibility index (Phi) is 1.10. The predicted molar refractivity (Wildman–Crippen MR) is 38.4 cm³/mol. The van der Waals surface area contributed by atoms with E-state index in [2.05, 4.69) is 12.2 Å². The van der Waals surface area contributed by atoms with Crippen LogP contribution in [0.25, 0.3) is 0 Å². The molecule has 0 aromatic rings. The number of rotatable bonds is 0. The lowest BCUT2D eigenvalue weighted by Crippen LogP contribution is -2.36. The molecule has 9 heavy (non-hydrogen) atoms. The minimum atomic E-state index is 0.545. The molecule has 1 heteroatoms. The Morgan fingerprint density at radius 3 is 3.11 bits per heavy atom. The Balaban J connectivity index is 2.13. The van der Waals surface area contributed by atoms with E-state index in [0.29, 0.717) is 5.54 Å². The van der Waals surface area contributed by atoms with Crippen LogP contribution in [0.15, 0.2) is 0 Å². The maximum absolute atomic E-state index is 3.59. The zero-order valence-electron chi connectivity index (χ0n) is 6.11. The van der Waals surface area contributed by atoms with Crippen molar-refractivity contribution < 1.29 is 0 Å². The van der Waals surface area contributed by atoms with Gasteiger partial charge in [-0.2, -0.15) is 0 Å². The fraction of sp³-hybridized carbons (Fsp3) is 1.00. The van der Waals surface area contributed by atoms with Gasteiger partial charge < -0.3 is 5.32 Å². The van der Waals surface area contributed by atoms with Crippen LogP contribution in [-0.4, -0.2) is 12.1 Å². The van der Waals surface area contributed by atoms with E-state index < -0.39 is 0 Å². The third-order valence-corrected chi connectivity index (χ3v) is 2.90. The largest absolute Gasteiger partial charge is 0.311 e. The molecule has 52 valence electrons. The monoisotopic (exact) mass is 125 g/mol. The standard InChI is InChI=1S/C8H15N/c1-8-4-2-3-7(5-8)6-9-8/h7,9H,2-6H2,1H3. The van der Waals surface area contributed by atoms with Crippen molar-refractivity contribution in [3.8, 4) is 0 Å². The normalized spacial score (nSPS) is 49.7. The highest BCUT2D eigenvalue weighted by atomic mass is 15.0. The number of hydrogen-bond donors (Lipinski definition) is 1. The first-order valence-corrected chi connectivity index (χ1v) is 4.04. The van der Waals surface area contributed by atoms with Crippen molar-refractivity contribution >= 4 is 0 Å². The molecule has 1 saturated heterocycles. The summed E-state index contributed by atoms with van der Waals surface area (Å²) in [7, 11) is 0. The van der Waals surface area contributed by atoms with Gasteiger partial charge in [0, 0.05) is 5.54 Å². The Bertz CT molecular complexity index is 118. The molecule has 1 nitrogen and oxygen atoms in total. The molecule has 1 saturated carbocycles. The van der Waals surface area contributed by atoms with Gasteiger partial charge in [0.2, 0.25) is 0 Å². The Morgan fingerprint density at radius 2 is 2.44 bits per heavy atom. The first kappa shape index (κ1) is 5.72. The second kappa shape index (κ2) is 1.72. The van der Waals surface area contributed by atoms with Crippen molar-refractivity contribution in [3.05, 3.63) is 0 Å². The molecule has 2 rings (SSSR count). The number of fused-ring (bicyclic) bond motifs is 2. The Hall–Kier alpha value is -0.0400. The van der Waals surface area contributed by atoms with Gasteiger partial charge in [-0.05, 0) is 38.6 Å². The molecule has 1 aliphatic heterocycles. The van der Waals surface area contributed by atoms with Crippen LogP contribution in [-0.2, 0) is 0 Å². The summed E-state index contributed by atoms with van der Waals surface area (Å²) in [6.07, 6.45) is 5.77. The van der Waals surface area contributed by atoms with Crippen molar-refractivity contribution in [2.75, 3.05) is 6.54 Å². The molecule has 0 amide bonds. The molecular weight excluding hydrogens is 110 g/mol. The third-order valence-electron chi connectivity index (χ3n) is 2.90. The van der Waals surface area contributed by atoms with Gasteiger partial charge in [0.25, 0.3) is 0 Å². The number of hydrogen-bond acceptors (Lipinski definition) is 1. The third kappa shape index (κ3) is 0.877. The van der Waals surface area contributed by atoms with Crippen LogP contribution in [0.2, 0.25) is 0 Å². The van der Waals surface area contributed by atoms with Crippen molar-refractivity contribution in [1.82, 2.24) is 5.32 Å². The first-order chi connectivity index (χ1) is 4.29. The van der Waals surface area contributed by atoms with Crippen molar-refractivity contribution in [1.29, 1.82) is 0 Å². The maximum Gasteiger partial charge on any atom is 0.0156 e. The summed E-state index contributed by atoms with van der Waals surface area (Å²) >= 11 is 0.